The van der Waals surface area contributed by atoms with E-state index in [1.54, 1.807) is 13.0 Å². The van der Waals surface area contributed by atoms with E-state index in [4.69, 9.17) is 16.2 Å². The fraction of sp³-hybridized carbons (Fsp3) is 0.538. The average molecular weight is 249 g/mol. The number of aryl methyl sites for hydroxylation is 2. The molecule has 5 nitrogen and oxygen atoms in total. The van der Waals surface area contributed by atoms with Gasteiger partial charge in [-0.05, 0) is 33.1 Å². The predicted molar refractivity (Wildman–Crippen MR) is 68.5 cm³/mol. The molecule has 98 valence electrons. The van der Waals surface area contributed by atoms with E-state index in [0.29, 0.717) is 17.0 Å². The van der Waals surface area contributed by atoms with Crippen molar-refractivity contribution >= 4 is 5.91 Å². The first-order chi connectivity index (χ1) is 8.49. The van der Waals surface area contributed by atoms with Crippen molar-refractivity contribution in [1.82, 2.24) is 4.98 Å². The Morgan fingerprint density at radius 1 is 1.44 bits per heavy atom. The number of nitrogens with zero attached hydrogens (tertiary/aromatic N) is 1. The number of primary amides is 1. The van der Waals surface area contributed by atoms with Gasteiger partial charge in [0.2, 0.25) is 0 Å². The lowest BCUT2D eigenvalue weighted by atomic mass is 10.1. The third-order valence-electron chi connectivity index (χ3n) is 3.32. The van der Waals surface area contributed by atoms with Gasteiger partial charge in [-0.1, -0.05) is 0 Å². The van der Waals surface area contributed by atoms with Gasteiger partial charge in [0, 0.05) is 17.8 Å². The maximum atomic E-state index is 11.5. The summed E-state index contributed by atoms with van der Waals surface area (Å²) >= 11 is 0. The number of rotatable bonds is 3. The van der Waals surface area contributed by atoms with Gasteiger partial charge in [-0.2, -0.15) is 0 Å². The lowest BCUT2D eigenvalue weighted by Crippen LogP contribution is -2.34. The Hall–Kier alpha value is -1.62. The number of pyridine rings is 1. The second kappa shape index (κ2) is 4.94. The lowest BCUT2D eigenvalue weighted by molar-refractivity contribution is 0.0990. The molecular formula is C13H19N3O2. The van der Waals surface area contributed by atoms with Crippen LogP contribution in [-0.2, 0) is 0 Å². The molecule has 1 saturated carbocycles. The summed E-state index contributed by atoms with van der Waals surface area (Å²) in [5.41, 5.74) is 13.1. The second-order valence-corrected chi connectivity index (χ2v) is 4.84. The highest BCUT2D eigenvalue weighted by atomic mass is 16.5. The summed E-state index contributed by atoms with van der Waals surface area (Å²) in [4.78, 5) is 15.7. The van der Waals surface area contributed by atoms with Gasteiger partial charge in [-0.25, -0.2) is 0 Å². The van der Waals surface area contributed by atoms with Crippen LogP contribution in [0.15, 0.2) is 6.07 Å². The maximum absolute atomic E-state index is 11.5. The SMILES string of the molecule is Cc1cc(OC2CCCC2N)c(C(N)=O)c(C)n1. The molecule has 0 aliphatic heterocycles. The largest absolute Gasteiger partial charge is 0.488 e. The van der Waals surface area contributed by atoms with Crippen molar-refractivity contribution in [1.29, 1.82) is 0 Å². The Morgan fingerprint density at radius 3 is 2.72 bits per heavy atom. The molecule has 0 radical (unpaired) electrons. The van der Waals surface area contributed by atoms with Crippen LogP contribution in [0.2, 0.25) is 0 Å². The number of carbonyl (C=O) groups excluding carboxylic acids is 1. The molecule has 2 unspecified atom stereocenters. The summed E-state index contributed by atoms with van der Waals surface area (Å²) in [5, 5.41) is 0. The summed E-state index contributed by atoms with van der Waals surface area (Å²) in [6.07, 6.45) is 2.89. The van der Waals surface area contributed by atoms with Crippen LogP contribution in [0.25, 0.3) is 0 Å². The Kier molecular flexibility index (Phi) is 3.52. The normalized spacial score (nSPS) is 23.1. The maximum Gasteiger partial charge on any atom is 0.254 e. The van der Waals surface area contributed by atoms with Gasteiger partial charge in [0.15, 0.2) is 0 Å². The molecule has 1 amide bonds. The van der Waals surface area contributed by atoms with E-state index in [9.17, 15) is 4.79 Å². The predicted octanol–water partition coefficient (Wildman–Crippen LogP) is 1.06. The summed E-state index contributed by atoms with van der Waals surface area (Å²) in [5.74, 6) is -0.00332. The highest BCUT2D eigenvalue weighted by molar-refractivity contribution is 5.96. The molecular weight excluding hydrogens is 230 g/mol. The van der Waals surface area contributed by atoms with Crippen molar-refractivity contribution in [2.24, 2.45) is 11.5 Å². The quantitative estimate of drug-likeness (QED) is 0.837. The Labute approximate surface area is 107 Å². The third kappa shape index (κ3) is 2.46. The van der Waals surface area contributed by atoms with E-state index in [2.05, 4.69) is 4.98 Å². The van der Waals surface area contributed by atoms with Crippen LogP contribution in [0.1, 0.15) is 41.0 Å². The van der Waals surface area contributed by atoms with E-state index in [-0.39, 0.29) is 12.1 Å². The fourth-order valence-electron chi connectivity index (χ4n) is 2.45. The number of carbonyl (C=O) groups is 1. The number of hydrogen-bond donors (Lipinski definition) is 2. The third-order valence-corrected chi connectivity index (χ3v) is 3.32. The summed E-state index contributed by atoms with van der Waals surface area (Å²) in [6.45, 7) is 3.62. The minimum Gasteiger partial charge on any atom is -0.488 e. The van der Waals surface area contributed by atoms with Crippen molar-refractivity contribution in [3.8, 4) is 5.75 Å². The zero-order chi connectivity index (χ0) is 13.3. The first-order valence-corrected chi connectivity index (χ1v) is 6.19. The molecule has 2 rings (SSSR count). The molecule has 0 bridgehead atoms. The lowest BCUT2D eigenvalue weighted by Gasteiger charge is -2.20. The Bertz CT molecular complexity index is 474. The van der Waals surface area contributed by atoms with Crippen molar-refractivity contribution in [2.45, 2.75) is 45.3 Å². The number of hydrogen-bond acceptors (Lipinski definition) is 4. The van der Waals surface area contributed by atoms with Gasteiger partial charge in [0.05, 0.1) is 5.69 Å². The molecule has 0 aromatic carbocycles. The molecule has 1 aromatic rings. The number of amides is 1. The smallest absolute Gasteiger partial charge is 0.254 e. The van der Waals surface area contributed by atoms with Crippen LogP contribution >= 0.6 is 0 Å². The molecule has 1 heterocycles. The Balaban J connectivity index is 2.33. The van der Waals surface area contributed by atoms with Crippen LogP contribution in [0.4, 0.5) is 0 Å². The van der Waals surface area contributed by atoms with Gasteiger partial charge < -0.3 is 16.2 Å². The van der Waals surface area contributed by atoms with E-state index in [1.807, 2.05) is 6.92 Å². The highest BCUT2D eigenvalue weighted by Gasteiger charge is 2.27. The summed E-state index contributed by atoms with van der Waals surface area (Å²) in [6, 6.07) is 1.78. The fourth-order valence-corrected chi connectivity index (χ4v) is 2.45. The van der Waals surface area contributed by atoms with Gasteiger partial charge in [-0.3, -0.25) is 9.78 Å². The van der Waals surface area contributed by atoms with Crippen molar-refractivity contribution in [3.63, 3.8) is 0 Å². The molecule has 2 atom stereocenters. The summed E-state index contributed by atoms with van der Waals surface area (Å²) in [7, 11) is 0. The molecule has 1 fully saturated rings. The van der Waals surface area contributed by atoms with E-state index in [1.165, 1.54) is 0 Å². The van der Waals surface area contributed by atoms with Crippen molar-refractivity contribution in [3.05, 3.63) is 23.0 Å². The average Bonchev–Trinajstić information content (AvgIpc) is 2.62. The second-order valence-electron chi connectivity index (χ2n) is 4.84. The number of ether oxygens (including phenoxy) is 1. The van der Waals surface area contributed by atoms with Crippen LogP contribution in [-0.4, -0.2) is 23.0 Å². The van der Waals surface area contributed by atoms with Crippen LogP contribution in [0.3, 0.4) is 0 Å². The molecule has 1 aliphatic rings. The Morgan fingerprint density at radius 2 is 2.17 bits per heavy atom. The topological polar surface area (TPSA) is 91.2 Å². The first kappa shape index (κ1) is 12.8. The molecule has 0 saturated heterocycles. The van der Waals surface area contributed by atoms with Crippen LogP contribution in [0, 0.1) is 13.8 Å². The monoisotopic (exact) mass is 249 g/mol. The van der Waals surface area contributed by atoms with E-state index < -0.39 is 5.91 Å². The number of nitrogens with two attached hydrogens (primary N) is 2. The first-order valence-electron chi connectivity index (χ1n) is 6.19. The van der Waals surface area contributed by atoms with Gasteiger partial charge >= 0.3 is 0 Å². The molecule has 4 N–H and O–H groups in total. The molecule has 18 heavy (non-hydrogen) atoms. The van der Waals surface area contributed by atoms with Gasteiger partial charge in [0.1, 0.15) is 17.4 Å². The minimum atomic E-state index is -0.512. The molecule has 0 spiro atoms. The highest BCUT2D eigenvalue weighted by Crippen LogP contribution is 2.27. The zero-order valence-corrected chi connectivity index (χ0v) is 10.8. The zero-order valence-electron chi connectivity index (χ0n) is 10.8. The molecule has 5 heteroatoms. The van der Waals surface area contributed by atoms with Crippen LogP contribution < -0.4 is 16.2 Å². The standard InChI is InChI=1S/C13H19N3O2/c1-7-6-11(12(13(15)17)8(2)16-7)18-10-5-3-4-9(10)14/h6,9-10H,3-5,14H2,1-2H3,(H2,15,17). The van der Waals surface area contributed by atoms with Crippen molar-refractivity contribution < 1.29 is 9.53 Å². The number of aromatic nitrogens is 1. The molecule has 1 aliphatic carbocycles. The van der Waals surface area contributed by atoms with Gasteiger partial charge in [-0.15, -0.1) is 0 Å². The van der Waals surface area contributed by atoms with Gasteiger partial charge in [0.25, 0.3) is 5.91 Å². The van der Waals surface area contributed by atoms with E-state index >= 15 is 0 Å². The minimum absolute atomic E-state index is 0.0273. The van der Waals surface area contributed by atoms with E-state index in [0.717, 1.165) is 25.0 Å². The van der Waals surface area contributed by atoms with Crippen molar-refractivity contribution in [2.75, 3.05) is 0 Å². The molecule has 1 aromatic heterocycles. The summed E-state index contributed by atoms with van der Waals surface area (Å²) < 4.78 is 5.88. The van der Waals surface area contributed by atoms with Crippen LogP contribution in [0.5, 0.6) is 5.75 Å².